The first kappa shape index (κ1) is 13.1. The Morgan fingerprint density at radius 1 is 1.28 bits per heavy atom. The number of thiophene rings is 1. The highest BCUT2D eigenvalue weighted by Crippen LogP contribution is 2.14. The van der Waals surface area contributed by atoms with E-state index in [1.807, 2.05) is 30.6 Å². The number of rotatable bonds is 6. The molecule has 2 rings (SSSR count). The van der Waals surface area contributed by atoms with Crippen molar-refractivity contribution in [2.24, 2.45) is 0 Å². The SMILES string of the molecule is CCN(Cc1ccc(NC)nc1)Cc1cccs1. The third kappa shape index (κ3) is 3.55. The molecule has 0 aliphatic rings. The summed E-state index contributed by atoms with van der Waals surface area (Å²) in [6.45, 7) is 5.21. The number of hydrogen-bond acceptors (Lipinski definition) is 4. The van der Waals surface area contributed by atoms with Crippen LogP contribution in [0.3, 0.4) is 0 Å². The molecule has 3 nitrogen and oxygen atoms in total. The van der Waals surface area contributed by atoms with Gasteiger partial charge in [-0.2, -0.15) is 0 Å². The molecule has 0 aliphatic carbocycles. The van der Waals surface area contributed by atoms with Gasteiger partial charge in [0.25, 0.3) is 0 Å². The van der Waals surface area contributed by atoms with E-state index in [0.29, 0.717) is 0 Å². The molecule has 4 heteroatoms. The lowest BCUT2D eigenvalue weighted by molar-refractivity contribution is 0.273. The van der Waals surface area contributed by atoms with Gasteiger partial charge in [0, 0.05) is 31.2 Å². The monoisotopic (exact) mass is 261 g/mol. The molecule has 18 heavy (non-hydrogen) atoms. The van der Waals surface area contributed by atoms with E-state index in [1.165, 1.54) is 10.4 Å². The quantitative estimate of drug-likeness (QED) is 0.865. The van der Waals surface area contributed by atoms with E-state index in [1.54, 1.807) is 0 Å². The number of anilines is 1. The molecule has 2 aromatic rings. The van der Waals surface area contributed by atoms with Crippen LogP contribution in [0.25, 0.3) is 0 Å². The lowest BCUT2D eigenvalue weighted by Gasteiger charge is -2.19. The molecule has 0 radical (unpaired) electrons. The highest BCUT2D eigenvalue weighted by Gasteiger charge is 2.06. The third-order valence-electron chi connectivity index (χ3n) is 2.89. The standard InChI is InChI=1S/C14H19N3S/c1-3-17(11-13-5-4-8-18-13)10-12-6-7-14(15-2)16-9-12/h4-9H,3,10-11H2,1-2H3,(H,15,16). The van der Waals surface area contributed by atoms with Gasteiger partial charge in [-0.1, -0.05) is 19.1 Å². The maximum Gasteiger partial charge on any atom is 0.125 e. The highest BCUT2D eigenvalue weighted by molar-refractivity contribution is 7.09. The van der Waals surface area contributed by atoms with E-state index in [2.05, 4.69) is 45.7 Å². The fraction of sp³-hybridized carbons (Fsp3) is 0.357. The van der Waals surface area contributed by atoms with Crippen LogP contribution in [0.1, 0.15) is 17.4 Å². The van der Waals surface area contributed by atoms with Gasteiger partial charge in [-0.05, 0) is 29.6 Å². The van der Waals surface area contributed by atoms with Crippen molar-refractivity contribution in [3.8, 4) is 0 Å². The Morgan fingerprint density at radius 2 is 2.17 bits per heavy atom. The van der Waals surface area contributed by atoms with E-state index in [9.17, 15) is 0 Å². The Hall–Kier alpha value is -1.39. The van der Waals surface area contributed by atoms with Crippen LogP contribution in [0.2, 0.25) is 0 Å². The van der Waals surface area contributed by atoms with Crippen LogP contribution in [0.15, 0.2) is 35.8 Å². The molecular weight excluding hydrogens is 242 g/mol. The summed E-state index contributed by atoms with van der Waals surface area (Å²) in [5, 5.41) is 5.17. The minimum atomic E-state index is 0.917. The van der Waals surface area contributed by atoms with Gasteiger partial charge in [-0.15, -0.1) is 11.3 Å². The Labute approximate surface area is 112 Å². The van der Waals surface area contributed by atoms with Gasteiger partial charge in [0.1, 0.15) is 5.82 Å². The fourth-order valence-corrected chi connectivity index (χ4v) is 2.57. The molecule has 0 fully saturated rings. The molecule has 2 aromatic heterocycles. The second-order valence-electron chi connectivity index (χ2n) is 4.18. The molecule has 0 saturated heterocycles. The van der Waals surface area contributed by atoms with Crippen LogP contribution in [-0.4, -0.2) is 23.5 Å². The smallest absolute Gasteiger partial charge is 0.125 e. The van der Waals surface area contributed by atoms with Gasteiger partial charge < -0.3 is 5.32 Å². The summed E-state index contributed by atoms with van der Waals surface area (Å²) in [6.07, 6.45) is 1.95. The Morgan fingerprint density at radius 3 is 2.72 bits per heavy atom. The average molecular weight is 261 g/mol. The number of nitrogens with zero attached hydrogens (tertiary/aromatic N) is 2. The molecule has 0 saturated carbocycles. The lowest BCUT2D eigenvalue weighted by Crippen LogP contribution is -2.21. The first-order valence-corrected chi connectivity index (χ1v) is 7.07. The van der Waals surface area contributed by atoms with E-state index in [-0.39, 0.29) is 0 Å². The van der Waals surface area contributed by atoms with Crippen LogP contribution in [0.5, 0.6) is 0 Å². The van der Waals surface area contributed by atoms with E-state index in [0.717, 1.165) is 25.5 Å². The van der Waals surface area contributed by atoms with Crippen molar-refractivity contribution in [3.63, 3.8) is 0 Å². The third-order valence-corrected chi connectivity index (χ3v) is 3.75. The number of aromatic nitrogens is 1. The molecule has 0 bridgehead atoms. The number of hydrogen-bond donors (Lipinski definition) is 1. The summed E-state index contributed by atoms with van der Waals surface area (Å²) in [6, 6.07) is 8.46. The Kier molecular flexibility index (Phi) is 4.73. The summed E-state index contributed by atoms with van der Waals surface area (Å²) >= 11 is 1.82. The minimum Gasteiger partial charge on any atom is -0.373 e. The summed E-state index contributed by atoms with van der Waals surface area (Å²) in [4.78, 5) is 8.18. The normalized spacial score (nSPS) is 10.8. The fourth-order valence-electron chi connectivity index (χ4n) is 1.83. The molecule has 0 unspecified atom stereocenters. The van der Waals surface area contributed by atoms with Gasteiger partial charge in [-0.25, -0.2) is 4.98 Å². The first-order valence-electron chi connectivity index (χ1n) is 6.19. The van der Waals surface area contributed by atoms with Crippen LogP contribution in [0.4, 0.5) is 5.82 Å². The van der Waals surface area contributed by atoms with Crippen molar-refractivity contribution in [1.29, 1.82) is 0 Å². The summed E-state index contributed by atoms with van der Waals surface area (Å²) < 4.78 is 0. The molecular formula is C14H19N3S. The highest BCUT2D eigenvalue weighted by atomic mass is 32.1. The average Bonchev–Trinajstić information content (AvgIpc) is 2.91. The van der Waals surface area contributed by atoms with Gasteiger partial charge in [0.2, 0.25) is 0 Å². The Balaban J connectivity index is 1.96. The number of nitrogens with one attached hydrogen (secondary N) is 1. The van der Waals surface area contributed by atoms with Crippen LogP contribution >= 0.6 is 11.3 Å². The molecule has 96 valence electrons. The second kappa shape index (κ2) is 6.52. The molecule has 1 N–H and O–H groups in total. The topological polar surface area (TPSA) is 28.2 Å². The predicted octanol–water partition coefficient (Wildman–Crippen LogP) is 3.21. The van der Waals surface area contributed by atoms with Crippen LogP contribution < -0.4 is 5.32 Å². The summed E-state index contributed by atoms with van der Waals surface area (Å²) in [5.41, 5.74) is 1.26. The number of pyridine rings is 1. The molecule has 0 spiro atoms. The van der Waals surface area contributed by atoms with E-state index in [4.69, 9.17) is 0 Å². The van der Waals surface area contributed by atoms with Gasteiger partial charge >= 0.3 is 0 Å². The largest absolute Gasteiger partial charge is 0.373 e. The summed E-state index contributed by atoms with van der Waals surface area (Å²) in [5.74, 6) is 0.917. The van der Waals surface area contributed by atoms with Crippen molar-refractivity contribution >= 4 is 17.2 Å². The van der Waals surface area contributed by atoms with E-state index < -0.39 is 0 Å². The van der Waals surface area contributed by atoms with E-state index >= 15 is 0 Å². The lowest BCUT2D eigenvalue weighted by atomic mass is 10.2. The van der Waals surface area contributed by atoms with Crippen molar-refractivity contribution < 1.29 is 0 Å². The minimum absolute atomic E-state index is 0.917. The first-order chi connectivity index (χ1) is 8.81. The molecule has 0 aromatic carbocycles. The van der Waals surface area contributed by atoms with Crippen molar-refractivity contribution in [2.45, 2.75) is 20.0 Å². The van der Waals surface area contributed by atoms with Gasteiger partial charge in [-0.3, -0.25) is 4.90 Å². The van der Waals surface area contributed by atoms with Crippen LogP contribution in [0, 0.1) is 0 Å². The zero-order valence-corrected chi connectivity index (χ0v) is 11.7. The zero-order valence-electron chi connectivity index (χ0n) is 10.9. The molecule has 2 heterocycles. The van der Waals surface area contributed by atoms with Gasteiger partial charge in [0.15, 0.2) is 0 Å². The maximum atomic E-state index is 4.35. The predicted molar refractivity (Wildman–Crippen MR) is 77.9 cm³/mol. The van der Waals surface area contributed by atoms with Crippen molar-refractivity contribution in [2.75, 3.05) is 18.9 Å². The van der Waals surface area contributed by atoms with Crippen molar-refractivity contribution in [1.82, 2.24) is 9.88 Å². The van der Waals surface area contributed by atoms with Crippen LogP contribution in [-0.2, 0) is 13.1 Å². The van der Waals surface area contributed by atoms with Gasteiger partial charge in [0.05, 0.1) is 0 Å². The molecule has 0 atom stereocenters. The molecule has 0 amide bonds. The molecule has 0 aliphatic heterocycles. The second-order valence-corrected chi connectivity index (χ2v) is 5.22. The maximum absolute atomic E-state index is 4.35. The summed E-state index contributed by atoms with van der Waals surface area (Å²) in [7, 11) is 1.89. The zero-order chi connectivity index (χ0) is 12.8. The Bertz CT molecular complexity index is 450. The van der Waals surface area contributed by atoms with Crippen molar-refractivity contribution in [3.05, 3.63) is 46.3 Å².